The number of ether oxygens (including phenoxy) is 1. The largest absolute Gasteiger partial charge is 0.441 e. The van der Waals surface area contributed by atoms with E-state index in [0.717, 1.165) is 50.2 Å². The summed E-state index contributed by atoms with van der Waals surface area (Å²) in [5, 5.41) is 0. The second-order valence-electron chi connectivity index (χ2n) is 7.00. The van der Waals surface area contributed by atoms with E-state index < -0.39 is 11.7 Å². The Hall–Kier alpha value is -1.86. The number of halogens is 3. The molecule has 27 heavy (non-hydrogen) atoms. The lowest BCUT2D eigenvalue weighted by Crippen LogP contribution is -2.39. The average Bonchev–Trinajstić information content (AvgIpc) is 3.01. The van der Waals surface area contributed by atoms with E-state index in [-0.39, 0.29) is 0 Å². The van der Waals surface area contributed by atoms with Gasteiger partial charge in [0, 0.05) is 31.9 Å². The number of hydrogen-bond donors (Lipinski definition) is 0. The van der Waals surface area contributed by atoms with E-state index in [9.17, 15) is 13.2 Å². The smallest absolute Gasteiger partial charge is 0.416 e. The van der Waals surface area contributed by atoms with Crippen molar-refractivity contribution >= 4 is 0 Å². The maximum Gasteiger partial charge on any atom is 0.416 e. The number of piperidine rings is 1. The molecule has 1 aromatic heterocycles. The summed E-state index contributed by atoms with van der Waals surface area (Å²) in [6, 6.07) is 5.38. The zero-order valence-electron chi connectivity index (χ0n) is 15.7. The Bertz CT molecular complexity index is 741. The van der Waals surface area contributed by atoms with Crippen LogP contribution < -0.4 is 0 Å². The fourth-order valence-electron chi connectivity index (χ4n) is 3.54. The lowest BCUT2D eigenvalue weighted by molar-refractivity contribution is -0.137. The Labute approximate surface area is 157 Å². The third kappa shape index (κ3) is 4.90. The maximum atomic E-state index is 12.7. The molecule has 0 N–H and O–H groups in total. The van der Waals surface area contributed by atoms with Gasteiger partial charge in [-0.25, -0.2) is 4.98 Å². The molecule has 4 nitrogen and oxygen atoms in total. The second kappa shape index (κ2) is 8.44. The van der Waals surface area contributed by atoms with Crippen LogP contribution in [0.25, 0.3) is 11.5 Å². The minimum absolute atomic E-state index is 0.363. The van der Waals surface area contributed by atoms with Crippen molar-refractivity contribution < 1.29 is 22.3 Å². The summed E-state index contributed by atoms with van der Waals surface area (Å²) >= 11 is 0. The topological polar surface area (TPSA) is 38.5 Å². The van der Waals surface area contributed by atoms with Crippen LogP contribution in [0.15, 0.2) is 28.7 Å². The highest BCUT2D eigenvalue weighted by molar-refractivity contribution is 5.54. The number of nitrogens with zero attached hydrogens (tertiary/aromatic N) is 2. The Balaban J connectivity index is 1.74. The highest BCUT2D eigenvalue weighted by Gasteiger charge is 2.30. The first-order valence-electron chi connectivity index (χ1n) is 9.25. The summed E-state index contributed by atoms with van der Waals surface area (Å²) < 4.78 is 49.1. The molecule has 1 atom stereocenters. The van der Waals surface area contributed by atoms with Gasteiger partial charge in [-0.1, -0.05) is 6.42 Å². The number of aromatic nitrogens is 1. The van der Waals surface area contributed by atoms with Gasteiger partial charge in [0.25, 0.3) is 0 Å². The molecule has 1 aliphatic heterocycles. The van der Waals surface area contributed by atoms with Crippen LogP contribution in [0.5, 0.6) is 0 Å². The molecule has 0 spiro atoms. The van der Waals surface area contributed by atoms with Gasteiger partial charge in [-0.2, -0.15) is 13.2 Å². The van der Waals surface area contributed by atoms with Gasteiger partial charge in [-0.3, -0.25) is 4.90 Å². The Morgan fingerprint density at radius 3 is 2.63 bits per heavy atom. The molecular weight excluding hydrogens is 357 g/mol. The van der Waals surface area contributed by atoms with Crippen LogP contribution in [0, 0.1) is 6.92 Å². The Morgan fingerprint density at radius 1 is 1.22 bits per heavy atom. The van der Waals surface area contributed by atoms with Gasteiger partial charge in [0.15, 0.2) is 0 Å². The molecule has 1 aliphatic rings. The lowest BCUT2D eigenvalue weighted by atomic mass is 9.99. The molecule has 1 aromatic carbocycles. The van der Waals surface area contributed by atoms with Gasteiger partial charge < -0.3 is 9.15 Å². The number of oxazole rings is 1. The van der Waals surface area contributed by atoms with E-state index in [1.807, 2.05) is 6.92 Å². The van der Waals surface area contributed by atoms with Crippen molar-refractivity contribution in [2.75, 3.05) is 20.3 Å². The normalized spacial score (nSPS) is 18.8. The fourth-order valence-corrected chi connectivity index (χ4v) is 3.54. The van der Waals surface area contributed by atoms with Crippen molar-refractivity contribution in [1.82, 2.24) is 9.88 Å². The highest BCUT2D eigenvalue weighted by atomic mass is 19.4. The Kier molecular flexibility index (Phi) is 6.22. The molecule has 0 aliphatic carbocycles. The zero-order chi connectivity index (χ0) is 19.4. The van der Waals surface area contributed by atoms with Crippen LogP contribution >= 0.6 is 0 Å². The van der Waals surface area contributed by atoms with E-state index in [4.69, 9.17) is 9.15 Å². The van der Waals surface area contributed by atoms with Crippen molar-refractivity contribution in [3.63, 3.8) is 0 Å². The summed E-state index contributed by atoms with van der Waals surface area (Å²) in [6.45, 7) is 4.28. The summed E-state index contributed by atoms with van der Waals surface area (Å²) in [5.74, 6) is 1.07. The second-order valence-corrected chi connectivity index (χ2v) is 7.00. The van der Waals surface area contributed by atoms with Crippen molar-refractivity contribution in [2.45, 2.75) is 51.4 Å². The summed E-state index contributed by atoms with van der Waals surface area (Å²) in [5.41, 5.74) is 0.713. The number of methoxy groups -OCH3 is 1. The van der Waals surface area contributed by atoms with Crippen LogP contribution in [-0.2, 0) is 17.5 Å². The molecule has 2 aromatic rings. The fraction of sp³-hybridized carbons (Fsp3) is 0.550. The number of aryl methyl sites for hydroxylation is 1. The predicted octanol–water partition coefficient (Wildman–Crippen LogP) is 5.06. The minimum Gasteiger partial charge on any atom is -0.441 e. The third-order valence-corrected chi connectivity index (χ3v) is 5.11. The summed E-state index contributed by atoms with van der Waals surface area (Å²) in [6.07, 6.45) is 0.165. The number of likely N-dealkylation sites (tertiary alicyclic amines) is 1. The number of rotatable bonds is 6. The molecule has 0 amide bonds. The van der Waals surface area contributed by atoms with E-state index >= 15 is 0 Å². The molecule has 148 valence electrons. The van der Waals surface area contributed by atoms with E-state index in [2.05, 4.69) is 9.88 Å². The van der Waals surface area contributed by atoms with Crippen molar-refractivity contribution in [3.05, 3.63) is 41.3 Å². The SMILES string of the molecule is COCCC1CCCCN1Cc1nc(-c2ccc(C(F)(F)F)cc2)oc1C. The molecule has 0 radical (unpaired) electrons. The first-order valence-corrected chi connectivity index (χ1v) is 9.25. The molecule has 7 heteroatoms. The van der Waals surface area contributed by atoms with E-state index in [0.29, 0.717) is 29.8 Å². The van der Waals surface area contributed by atoms with Crippen LogP contribution in [0.3, 0.4) is 0 Å². The molecular formula is C20H25F3N2O2. The summed E-state index contributed by atoms with van der Waals surface area (Å²) in [4.78, 5) is 6.97. The van der Waals surface area contributed by atoms with Crippen LogP contribution in [0.4, 0.5) is 13.2 Å². The number of hydrogen-bond acceptors (Lipinski definition) is 4. The molecule has 3 rings (SSSR count). The first kappa shape index (κ1) is 19.9. The molecule has 1 fully saturated rings. The van der Waals surface area contributed by atoms with Crippen LogP contribution in [-0.4, -0.2) is 36.2 Å². The Morgan fingerprint density at radius 2 is 1.96 bits per heavy atom. The monoisotopic (exact) mass is 382 g/mol. The van der Waals surface area contributed by atoms with Gasteiger partial charge in [0.2, 0.25) is 5.89 Å². The summed E-state index contributed by atoms with van der Waals surface area (Å²) in [7, 11) is 1.71. The van der Waals surface area contributed by atoms with Gasteiger partial charge in [-0.05, 0) is 57.0 Å². The van der Waals surface area contributed by atoms with Crippen molar-refractivity contribution in [3.8, 4) is 11.5 Å². The first-order chi connectivity index (χ1) is 12.9. The van der Waals surface area contributed by atoms with Gasteiger partial charge in [0.1, 0.15) is 5.76 Å². The maximum absolute atomic E-state index is 12.7. The van der Waals surface area contributed by atoms with Crippen molar-refractivity contribution in [1.29, 1.82) is 0 Å². The van der Waals surface area contributed by atoms with Gasteiger partial charge in [0.05, 0.1) is 11.3 Å². The highest BCUT2D eigenvalue weighted by Crippen LogP contribution is 2.31. The van der Waals surface area contributed by atoms with Gasteiger partial charge in [-0.15, -0.1) is 0 Å². The predicted molar refractivity (Wildman–Crippen MR) is 96.2 cm³/mol. The van der Waals surface area contributed by atoms with Crippen molar-refractivity contribution in [2.24, 2.45) is 0 Å². The van der Waals surface area contributed by atoms with Crippen LogP contribution in [0.2, 0.25) is 0 Å². The standard InChI is InChI=1S/C20H25F3N2O2/c1-14-18(13-25-11-4-3-5-17(25)10-12-26-2)24-19(27-14)15-6-8-16(9-7-15)20(21,22)23/h6-9,17H,3-5,10-13H2,1-2H3. The molecule has 0 saturated carbocycles. The van der Waals surface area contributed by atoms with Crippen LogP contribution in [0.1, 0.15) is 42.7 Å². The molecule has 0 bridgehead atoms. The van der Waals surface area contributed by atoms with E-state index in [1.54, 1.807) is 7.11 Å². The van der Waals surface area contributed by atoms with Gasteiger partial charge >= 0.3 is 6.18 Å². The molecule has 2 heterocycles. The van der Waals surface area contributed by atoms with E-state index in [1.165, 1.54) is 18.6 Å². The number of alkyl halides is 3. The minimum atomic E-state index is -4.35. The molecule has 1 saturated heterocycles. The molecule has 1 unspecified atom stereocenters. The number of benzene rings is 1. The zero-order valence-corrected chi connectivity index (χ0v) is 15.7. The quantitative estimate of drug-likeness (QED) is 0.700. The average molecular weight is 382 g/mol. The third-order valence-electron chi connectivity index (χ3n) is 5.11. The lowest BCUT2D eigenvalue weighted by Gasteiger charge is -2.35.